The zero-order valence-electron chi connectivity index (χ0n) is 6.60. The summed E-state index contributed by atoms with van der Waals surface area (Å²) in [7, 11) is 1.01. The molecule has 0 heterocycles. The first-order valence-corrected chi connectivity index (χ1v) is 5.09. The fourth-order valence-corrected chi connectivity index (χ4v) is 1.77. The normalized spacial score (nSPS) is 9.91. The standard InChI is InChI=1S/C9H11ClSi/c1-7(11)9-5-3-2-4-8(9)6-10/h2-5H,1,6H2,11H3. The van der Waals surface area contributed by atoms with E-state index >= 15 is 0 Å². The fraction of sp³-hybridized carbons (Fsp3) is 0.111. The number of rotatable bonds is 2. The molecule has 11 heavy (non-hydrogen) atoms. The van der Waals surface area contributed by atoms with Crippen molar-refractivity contribution in [3.63, 3.8) is 0 Å². The van der Waals surface area contributed by atoms with E-state index in [4.69, 9.17) is 11.6 Å². The number of benzene rings is 1. The zero-order valence-corrected chi connectivity index (χ0v) is 9.36. The maximum atomic E-state index is 5.75. The second kappa shape index (κ2) is 3.74. The molecule has 0 N–H and O–H groups in total. The Labute approximate surface area is 75.3 Å². The van der Waals surface area contributed by atoms with E-state index in [1.54, 1.807) is 0 Å². The molecule has 0 radical (unpaired) electrons. The smallest absolute Gasteiger partial charge is 0.0479 e. The van der Waals surface area contributed by atoms with Crippen LogP contribution < -0.4 is 0 Å². The van der Waals surface area contributed by atoms with Crippen molar-refractivity contribution in [2.75, 3.05) is 0 Å². The summed E-state index contributed by atoms with van der Waals surface area (Å²) >= 11 is 5.75. The van der Waals surface area contributed by atoms with Gasteiger partial charge in [0.15, 0.2) is 0 Å². The summed E-state index contributed by atoms with van der Waals surface area (Å²) in [6, 6.07) is 8.15. The summed E-state index contributed by atoms with van der Waals surface area (Å²) in [5.41, 5.74) is 2.42. The number of hydrogen-bond acceptors (Lipinski definition) is 0. The van der Waals surface area contributed by atoms with E-state index in [2.05, 4.69) is 12.6 Å². The van der Waals surface area contributed by atoms with Gasteiger partial charge in [0.2, 0.25) is 0 Å². The van der Waals surface area contributed by atoms with E-state index in [-0.39, 0.29) is 0 Å². The van der Waals surface area contributed by atoms with Gasteiger partial charge in [-0.15, -0.1) is 18.2 Å². The van der Waals surface area contributed by atoms with Crippen LogP contribution in [0, 0.1) is 0 Å². The Morgan fingerprint density at radius 2 is 2.09 bits per heavy atom. The molecule has 0 atom stereocenters. The van der Waals surface area contributed by atoms with Crippen LogP contribution in [0.5, 0.6) is 0 Å². The van der Waals surface area contributed by atoms with Crippen molar-refractivity contribution in [2.45, 2.75) is 5.88 Å². The van der Waals surface area contributed by atoms with Gasteiger partial charge in [-0.3, -0.25) is 0 Å². The van der Waals surface area contributed by atoms with Crippen LogP contribution in [0.4, 0.5) is 0 Å². The molecule has 0 saturated heterocycles. The highest BCUT2D eigenvalue weighted by molar-refractivity contribution is 6.42. The van der Waals surface area contributed by atoms with Gasteiger partial charge in [-0.2, -0.15) is 0 Å². The summed E-state index contributed by atoms with van der Waals surface area (Å²) in [6.07, 6.45) is 0. The minimum Gasteiger partial charge on any atom is -0.122 e. The quantitative estimate of drug-likeness (QED) is 0.483. The SMILES string of the molecule is C=C([SiH3])c1ccccc1CCl. The summed E-state index contributed by atoms with van der Waals surface area (Å²) in [6.45, 7) is 3.94. The molecule has 0 amide bonds. The molecular weight excluding hydrogens is 172 g/mol. The third-order valence-corrected chi connectivity index (χ3v) is 2.45. The summed E-state index contributed by atoms with van der Waals surface area (Å²) in [5, 5.41) is 1.21. The molecule has 0 aliphatic carbocycles. The molecule has 58 valence electrons. The van der Waals surface area contributed by atoms with Gasteiger partial charge in [0.05, 0.1) is 0 Å². The van der Waals surface area contributed by atoms with Crippen LogP contribution in [0.1, 0.15) is 11.1 Å². The summed E-state index contributed by atoms with van der Waals surface area (Å²) in [5.74, 6) is 0.581. The minimum atomic E-state index is 0.581. The van der Waals surface area contributed by atoms with Crippen molar-refractivity contribution >= 4 is 27.0 Å². The van der Waals surface area contributed by atoms with Crippen LogP contribution in [-0.4, -0.2) is 10.2 Å². The van der Waals surface area contributed by atoms with Gasteiger partial charge in [-0.25, -0.2) is 0 Å². The lowest BCUT2D eigenvalue weighted by molar-refractivity contribution is 1.38. The topological polar surface area (TPSA) is 0 Å². The second-order valence-corrected chi connectivity index (χ2v) is 4.05. The van der Waals surface area contributed by atoms with Gasteiger partial charge in [0, 0.05) is 16.1 Å². The largest absolute Gasteiger partial charge is 0.122 e. The molecule has 0 aliphatic rings. The maximum Gasteiger partial charge on any atom is 0.0479 e. The van der Waals surface area contributed by atoms with Crippen LogP contribution in [0.15, 0.2) is 30.8 Å². The highest BCUT2D eigenvalue weighted by Crippen LogP contribution is 2.16. The highest BCUT2D eigenvalue weighted by Gasteiger charge is 1.98. The average molecular weight is 183 g/mol. The lowest BCUT2D eigenvalue weighted by Crippen LogP contribution is -1.88. The van der Waals surface area contributed by atoms with Crippen molar-refractivity contribution in [3.05, 3.63) is 42.0 Å². The molecule has 0 spiro atoms. The van der Waals surface area contributed by atoms with Gasteiger partial charge in [0.25, 0.3) is 0 Å². The van der Waals surface area contributed by atoms with E-state index in [9.17, 15) is 0 Å². The number of halogens is 1. The third kappa shape index (κ3) is 1.95. The Hall–Kier alpha value is -0.533. The van der Waals surface area contributed by atoms with E-state index in [0.717, 1.165) is 10.2 Å². The van der Waals surface area contributed by atoms with Crippen molar-refractivity contribution in [3.8, 4) is 0 Å². The van der Waals surface area contributed by atoms with E-state index in [0.29, 0.717) is 5.88 Å². The van der Waals surface area contributed by atoms with Gasteiger partial charge in [-0.05, 0) is 11.1 Å². The molecule has 0 aliphatic heterocycles. The van der Waals surface area contributed by atoms with Crippen molar-refractivity contribution in [1.82, 2.24) is 0 Å². The molecule has 0 nitrogen and oxygen atoms in total. The number of hydrogen-bond donors (Lipinski definition) is 0. The molecule has 1 rings (SSSR count). The first-order chi connectivity index (χ1) is 5.25. The molecule has 0 saturated carbocycles. The molecule has 0 unspecified atom stereocenters. The van der Waals surface area contributed by atoms with E-state index in [1.165, 1.54) is 16.3 Å². The zero-order chi connectivity index (χ0) is 8.27. The predicted molar refractivity (Wildman–Crippen MR) is 55.0 cm³/mol. The van der Waals surface area contributed by atoms with Crippen LogP contribution >= 0.6 is 11.6 Å². The molecule has 2 heteroatoms. The Bertz CT molecular complexity index is 268. The van der Waals surface area contributed by atoms with Gasteiger partial charge in [0.1, 0.15) is 0 Å². The molecule has 1 aromatic rings. The van der Waals surface area contributed by atoms with E-state index in [1.807, 2.05) is 18.2 Å². The highest BCUT2D eigenvalue weighted by atomic mass is 35.5. The summed E-state index contributed by atoms with van der Waals surface area (Å²) < 4.78 is 0. The second-order valence-electron chi connectivity index (χ2n) is 2.57. The van der Waals surface area contributed by atoms with Crippen molar-refractivity contribution in [1.29, 1.82) is 0 Å². The molecular formula is C9H11ClSi. The Morgan fingerprint density at radius 1 is 1.45 bits per heavy atom. The first kappa shape index (κ1) is 8.56. The lowest BCUT2D eigenvalue weighted by Gasteiger charge is -2.04. The Morgan fingerprint density at radius 3 is 2.55 bits per heavy atom. The van der Waals surface area contributed by atoms with Crippen LogP contribution in [0.3, 0.4) is 0 Å². The van der Waals surface area contributed by atoms with Crippen molar-refractivity contribution in [2.24, 2.45) is 0 Å². The molecule has 1 aromatic carbocycles. The predicted octanol–water partition coefficient (Wildman–Crippen LogP) is 1.76. The molecule has 0 fully saturated rings. The average Bonchev–Trinajstić information content (AvgIpc) is 2.04. The lowest BCUT2D eigenvalue weighted by atomic mass is 10.1. The van der Waals surface area contributed by atoms with Crippen molar-refractivity contribution < 1.29 is 0 Å². The minimum absolute atomic E-state index is 0.581. The van der Waals surface area contributed by atoms with Crippen LogP contribution in [0.25, 0.3) is 5.20 Å². The monoisotopic (exact) mass is 182 g/mol. The molecule has 0 bridgehead atoms. The van der Waals surface area contributed by atoms with Crippen LogP contribution in [0.2, 0.25) is 0 Å². The van der Waals surface area contributed by atoms with E-state index < -0.39 is 0 Å². The first-order valence-electron chi connectivity index (χ1n) is 3.55. The Kier molecular flexibility index (Phi) is 2.91. The van der Waals surface area contributed by atoms with Gasteiger partial charge < -0.3 is 0 Å². The Balaban J connectivity index is 3.12. The molecule has 0 aromatic heterocycles. The van der Waals surface area contributed by atoms with Crippen LogP contribution in [-0.2, 0) is 5.88 Å². The third-order valence-electron chi connectivity index (χ3n) is 1.62. The van der Waals surface area contributed by atoms with Gasteiger partial charge in [-0.1, -0.05) is 29.5 Å². The maximum absolute atomic E-state index is 5.75. The van der Waals surface area contributed by atoms with Gasteiger partial charge >= 0.3 is 0 Å². The number of alkyl halides is 1. The fourth-order valence-electron chi connectivity index (χ4n) is 1.05. The summed E-state index contributed by atoms with van der Waals surface area (Å²) in [4.78, 5) is 0.